The molecule has 2 aromatic rings. The first-order valence-electron chi connectivity index (χ1n) is 4.01. The average molecular weight is 162 g/mol. The number of hydrogen-bond acceptors (Lipinski definition) is 3. The van der Waals surface area contributed by atoms with Crippen LogP contribution in [0.5, 0.6) is 0 Å². The molecule has 0 amide bonds. The van der Waals surface area contributed by atoms with Crippen LogP contribution < -0.4 is 0 Å². The maximum atomic E-state index is 5.52. The molecule has 0 aromatic carbocycles. The zero-order valence-corrected chi connectivity index (χ0v) is 7.16. The van der Waals surface area contributed by atoms with Crippen molar-refractivity contribution in [2.24, 2.45) is 0 Å². The van der Waals surface area contributed by atoms with E-state index in [4.69, 9.17) is 4.42 Å². The topological polar surface area (TPSA) is 38.9 Å². The Morgan fingerprint density at radius 2 is 2.25 bits per heavy atom. The van der Waals surface area contributed by atoms with Crippen LogP contribution in [0, 0.1) is 6.92 Å². The van der Waals surface area contributed by atoms with Crippen molar-refractivity contribution in [1.29, 1.82) is 0 Å². The van der Waals surface area contributed by atoms with Crippen molar-refractivity contribution >= 4 is 11.1 Å². The normalized spacial score (nSPS) is 10.8. The molecule has 0 bridgehead atoms. The summed E-state index contributed by atoms with van der Waals surface area (Å²) in [7, 11) is 0. The summed E-state index contributed by atoms with van der Waals surface area (Å²) in [5.74, 6) is 0.966. The molecule has 0 unspecified atom stereocenters. The van der Waals surface area contributed by atoms with Crippen LogP contribution in [0.3, 0.4) is 0 Å². The van der Waals surface area contributed by atoms with Gasteiger partial charge in [-0.1, -0.05) is 6.92 Å². The summed E-state index contributed by atoms with van der Waals surface area (Å²) >= 11 is 0. The zero-order valence-electron chi connectivity index (χ0n) is 7.16. The monoisotopic (exact) mass is 162 g/mol. The quantitative estimate of drug-likeness (QED) is 0.644. The Morgan fingerprint density at radius 1 is 1.42 bits per heavy atom. The Kier molecular flexibility index (Phi) is 1.57. The second-order valence-electron chi connectivity index (χ2n) is 2.74. The van der Waals surface area contributed by atoms with Gasteiger partial charge in [-0.25, -0.2) is 9.97 Å². The predicted octanol–water partition coefficient (Wildman–Crippen LogP) is 2.09. The van der Waals surface area contributed by atoms with E-state index >= 15 is 0 Å². The van der Waals surface area contributed by atoms with Gasteiger partial charge in [-0.2, -0.15) is 0 Å². The van der Waals surface area contributed by atoms with Crippen LogP contribution in [0.1, 0.15) is 18.4 Å². The molecule has 3 heteroatoms. The lowest BCUT2D eigenvalue weighted by atomic mass is 10.3. The standard InChI is InChI=1S/C9H10N2O/c1-3-7-4-8-9(12-7)6(2)10-5-11-8/h4-5H,3H2,1-2H3. The first kappa shape index (κ1) is 7.28. The summed E-state index contributed by atoms with van der Waals surface area (Å²) < 4.78 is 5.52. The fourth-order valence-corrected chi connectivity index (χ4v) is 1.20. The van der Waals surface area contributed by atoms with E-state index in [1.165, 1.54) is 0 Å². The van der Waals surface area contributed by atoms with Crippen molar-refractivity contribution in [3.05, 3.63) is 23.8 Å². The number of nitrogens with zero attached hydrogens (tertiary/aromatic N) is 2. The Labute approximate surface area is 70.4 Å². The average Bonchev–Trinajstić information content (AvgIpc) is 2.49. The third kappa shape index (κ3) is 0.978. The smallest absolute Gasteiger partial charge is 0.173 e. The van der Waals surface area contributed by atoms with Crippen LogP contribution in [0.15, 0.2) is 16.8 Å². The molecule has 2 heterocycles. The van der Waals surface area contributed by atoms with Crippen LogP contribution in [-0.2, 0) is 6.42 Å². The summed E-state index contributed by atoms with van der Waals surface area (Å²) in [6.07, 6.45) is 2.46. The highest BCUT2D eigenvalue weighted by atomic mass is 16.3. The lowest BCUT2D eigenvalue weighted by molar-refractivity contribution is 0.553. The molecule has 0 aliphatic rings. The third-order valence-corrected chi connectivity index (χ3v) is 1.89. The fraction of sp³-hybridized carbons (Fsp3) is 0.333. The van der Waals surface area contributed by atoms with Crippen molar-refractivity contribution < 1.29 is 4.42 Å². The maximum Gasteiger partial charge on any atom is 0.173 e. The molecule has 0 radical (unpaired) electrons. The van der Waals surface area contributed by atoms with E-state index in [9.17, 15) is 0 Å². The Hall–Kier alpha value is -1.38. The molecule has 0 spiro atoms. The van der Waals surface area contributed by atoms with E-state index in [1.54, 1.807) is 6.33 Å². The molecule has 0 aliphatic heterocycles. The van der Waals surface area contributed by atoms with Crippen molar-refractivity contribution in [2.75, 3.05) is 0 Å². The fourth-order valence-electron chi connectivity index (χ4n) is 1.20. The molecule has 0 atom stereocenters. The van der Waals surface area contributed by atoms with Crippen LogP contribution in [0.2, 0.25) is 0 Å². The molecule has 3 nitrogen and oxygen atoms in total. The van der Waals surface area contributed by atoms with Crippen LogP contribution in [0.25, 0.3) is 11.1 Å². The van der Waals surface area contributed by atoms with Crippen LogP contribution in [-0.4, -0.2) is 9.97 Å². The minimum absolute atomic E-state index is 0.814. The molecule has 2 rings (SSSR count). The summed E-state index contributed by atoms with van der Waals surface area (Å²) in [6.45, 7) is 3.98. The molecular formula is C9H10N2O. The molecule has 0 saturated carbocycles. The first-order valence-corrected chi connectivity index (χ1v) is 4.01. The molecular weight excluding hydrogens is 152 g/mol. The summed E-state index contributed by atoms with van der Waals surface area (Å²) in [5, 5.41) is 0. The number of aryl methyl sites for hydroxylation is 2. The number of rotatable bonds is 1. The Balaban J connectivity index is 2.74. The van der Waals surface area contributed by atoms with Crippen LogP contribution >= 0.6 is 0 Å². The molecule has 62 valence electrons. The summed E-state index contributed by atoms with van der Waals surface area (Å²) in [4.78, 5) is 8.16. The molecule has 0 fully saturated rings. The minimum Gasteiger partial charge on any atom is -0.457 e. The predicted molar refractivity (Wildman–Crippen MR) is 45.9 cm³/mol. The van der Waals surface area contributed by atoms with Crippen LogP contribution in [0.4, 0.5) is 0 Å². The highest BCUT2D eigenvalue weighted by Crippen LogP contribution is 2.18. The van der Waals surface area contributed by atoms with E-state index < -0.39 is 0 Å². The van der Waals surface area contributed by atoms with Crippen molar-refractivity contribution in [2.45, 2.75) is 20.3 Å². The van der Waals surface area contributed by atoms with E-state index in [0.717, 1.165) is 29.0 Å². The maximum absolute atomic E-state index is 5.52. The summed E-state index contributed by atoms with van der Waals surface area (Å²) in [5.41, 5.74) is 2.62. The highest BCUT2D eigenvalue weighted by Gasteiger charge is 2.05. The number of furan rings is 1. The van der Waals surface area contributed by atoms with Gasteiger partial charge in [-0.3, -0.25) is 0 Å². The van der Waals surface area contributed by atoms with Crippen molar-refractivity contribution in [3.8, 4) is 0 Å². The zero-order chi connectivity index (χ0) is 8.55. The van der Waals surface area contributed by atoms with Gasteiger partial charge in [-0.05, 0) is 6.92 Å². The lowest BCUT2D eigenvalue weighted by Crippen LogP contribution is -1.81. The Morgan fingerprint density at radius 3 is 2.92 bits per heavy atom. The van der Waals surface area contributed by atoms with E-state index in [2.05, 4.69) is 16.9 Å². The van der Waals surface area contributed by atoms with Gasteiger partial charge in [0.05, 0.1) is 5.69 Å². The van der Waals surface area contributed by atoms with E-state index in [1.807, 2.05) is 13.0 Å². The lowest BCUT2D eigenvalue weighted by Gasteiger charge is -1.89. The van der Waals surface area contributed by atoms with Gasteiger partial charge >= 0.3 is 0 Å². The van der Waals surface area contributed by atoms with E-state index in [0.29, 0.717) is 0 Å². The molecule has 0 aliphatic carbocycles. The molecule has 0 N–H and O–H groups in total. The SMILES string of the molecule is CCc1cc2ncnc(C)c2o1. The van der Waals surface area contributed by atoms with E-state index in [-0.39, 0.29) is 0 Å². The first-order chi connectivity index (χ1) is 5.81. The molecule has 12 heavy (non-hydrogen) atoms. The Bertz CT molecular complexity index is 406. The largest absolute Gasteiger partial charge is 0.457 e. The van der Waals surface area contributed by atoms with Gasteiger partial charge in [0.15, 0.2) is 5.58 Å². The molecule has 2 aromatic heterocycles. The van der Waals surface area contributed by atoms with Gasteiger partial charge in [0.2, 0.25) is 0 Å². The van der Waals surface area contributed by atoms with Crippen molar-refractivity contribution in [3.63, 3.8) is 0 Å². The van der Waals surface area contributed by atoms with Crippen molar-refractivity contribution in [1.82, 2.24) is 9.97 Å². The second kappa shape index (κ2) is 2.59. The van der Waals surface area contributed by atoms with Gasteiger partial charge in [-0.15, -0.1) is 0 Å². The number of fused-ring (bicyclic) bond motifs is 1. The van der Waals surface area contributed by atoms with Gasteiger partial charge in [0.25, 0.3) is 0 Å². The minimum atomic E-state index is 0.814. The number of hydrogen-bond donors (Lipinski definition) is 0. The number of aromatic nitrogens is 2. The highest BCUT2D eigenvalue weighted by molar-refractivity contribution is 5.74. The van der Waals surface area contributed by atoms with Gasteiger partial charge in [0, 0.05) is 12.5 Å². The van der Waals surface area contributed by atoms with Gasteiger partial charge < -0.3 is 4.42 Å². The third-order valence-electron chi connectivity index (χ3n) is 1.89. The second-order valence-corrected chi connectivity index (χ2v) is 2.74. The molecule has 0 saturated heterocycles. The van der Waals surface area contributed by atoms with Gasteiger partial charge in [0.1, 0.15) is 17.6 Å². The summed E-state index contributed by atoms with van der Waals surface area (Å²) in [6, 6.07) is 1.96.